The number of pyridine rings is 2. The molecule has 0 aliphatic heterocycles. The van der Waals surface area contributed by atoms with Gasteiger partial charge in [0.05, 0.1) is 11.0 Å². The van der Waals surface area contributed by atoms with Gasteiger partial charge in [-0.2, -0.15) is 0 Å². The quantitative estimate of drug-likeness (QED) is 0.348. The molecule has 0 aliphatic rings. The molecule has 0 amide bonds. The van der Waals surface area contributed by atoms with Crippen molar-refractivity contribution in [2.75, 3.05) is 12.0 Å². The van der Waals surface area contributed by atoms with Crippen molar-refractivity contribution in [2.24, 2.45) is 0 Å². The maximum Gasteiger partial charge on any atom is 0.0714 e. The Bertz CT molecular complexity index is 1080. The summed E-state index contributed by atoms with van der Waals surface area (Å²) >= 11 is 5.43. The van der Waals surface area contributed by atoms with E-state index in [1.165, 1.54) is 30.4 Å². The predicted octanol–water partition coefficient (Wildman–Crippen LogP) is 6.77. The van der Waals surface area contributed by atoms with Gasteiger partial charge in [0.25, 0.3) is 0 Å². The van der Waals surface area contributed by atoms with Gasteiger partial charge in [-0.25, -0.2) is 0 Å². The van der Waals surface area contributed by atoms with Gasteiger partial charge >= 0.3 is 0 Å². The maximum atomic E-state index is 4.70. The second kappa shape index (κ2) is 7.91. The summed E-state index contributed by atoms with van der Waals surface area (Å²) in [6.07, 6.45) is 6.11. The van der Waals surface area contributed by atoms with Crippen LogP contribution >= 0.6 is 35.3 Å². The molecule has 0 saturated heterocycles. The van der Waals surface area contributed by atoms with E-state index in [0.717, 1.165) is 16.8 Å². The van der Waals surface area contributed by atoms with E-state index in [1.807, 2.05) is 36.3 Å². The summed E-state index contributed by atoms with van der Waals surface area (Å²) in [5.41, 5.74) is 2.09. The predicted molar refractivity (Wildman–Crippen MR) is 116 cm³/mol. The van der Waals surface area contributed by atoms with Gasteiger partial charge in [-0.15, -0.1) is 23.5 Å². The SMILES string of the molecule is CCSc1c(Sc2c(SC)cnc3ccccc23)cnc2ccccc12. The van der Waals surface area contributed by atoms with Gasteiger partial charge in [-0.05, 0) is 24.1 Å². The third kappa shape index (κ3) is 3.31. The van der Waals surface area contributed by atoms with Gasteiger partial charge < -0.3 is 0 Å². The Morgan fingerprint density at radius 3 is 1.96 bits per heavy atom. The van der Waals surface area contributed by atoms with Gasteiger partial charge in [0.15, 0.2) is 0 Å². The standard InChI is InChI=1S/C21H18N2S3/c1-3-25-20-14-8-4-6-10-16(14)23-13-19(20)26-21-15-9-5-7-11-17(15)22-12-18(21)24-2/h4-13H,3H2,1-2H3. The summed E-state index contributed by atoms with van der Waals surface area (Å²) in [6, 6.07) is 16.7. The Labute approximate surface area is 166 Å². The van der Waals surface area contributed by atoms with Crippen LogP contribution in [0.15, 0.2) is 80.5 Å². The average molecular weight is 395 g/mol. The van der Waals surface area contributed by atoms with Gasteiger partial charge in [-0.1, -0.05) is 55.1 Å². The molecule has 0 atom stereocenters. The first-order valence-electron chi connectivity index (χ1n) is 8.42. The van der Waals surface area contributed by atoms with Crippen molar-refractivity contribution in [3.8, 4) is 0 Å². The minimum atomic E-state index is 1.03. The zero-order valence-electron chi connectivity index (χ0n) is 14.6. The fraction of sp³-hybridized carbons (Fsp3) is 0.143. The highest BCUT2D eigenvalue weighted by Gasteiger charge is 2.15. The number of aromatic nitrogens is 2. The number of fused-ring (bicyclic) bond motifs is 2. The Morgan fingerprint density at radius 1 is 0.769 bits per heavy atom. The summed E-state index contributed by atoms with van der Waals surface area (Å²) in [6.45, 7) is 2.20. The van der Waals surface area contributed by atoms with Crippen LogP contribution in [0, 0.1) is 0 Å². The van der Waals surface area contributed by atoms with Crippen molar-refractivity contribution >= 4 is 57.1 Å². The highest BCUT2D eigenvalue weighted by Crippen LogP contribution is 2.44. The smallest absolute Gasteiger partial charge is 0.0714 e. The molecule has 0 bridgehead atoms. The van der Waals surface area contributed by atoms with E-state index in [2.05, 4.69) is 54.6 Å². The second-order valence-electron chi connectivity index (χ2n) is 5.68. The lowest BCUT2D eigenvalue weighted by Crippen LogP contribution is -1.90. The summed E-state index contributed by atoms with van der Waals surface area (Å²) in [7, 11) is 0. The van der Waals surface area contributed by atoms with Crippen molar-refractivity contribution in [3.05, 3.63) is 60.9 Å². The van der Waals surface area contributed by atoms with Gasteiger partial charge in [0.2, 0.25) is 0 Å². The van der Waals surface area contributed by atoms with E-state index >= 15 is 0 Å². The summed E-state index contributed by atoms with van der Waals surface area (Å²) < 4.78 is 0. The molecule has 0 fully saturated rings. The van der Waals surface area contributed by atoms with Crippen LogP contribution in [0.5, 0.6) is 0 Å². The molecular weight excluding hydrogens is 376 g/mol. The molecule has 2 heterocycles. The minimum Gasteiger partial charge on any atom is -0.255 e. The Balaban J connectivity index is 1.90. The first kappa shape index (κ1) is 17.7. The highest BCUT2D eigenvalue weighted by atomic mass is 32.2. The normalized spacial score (nSPS) is 11.3. The van der Waals surface area contributed by atoms with Crippen LogP contribution in [-0.4, -0.2) is 22.0 Å². The fourth-order valence-corrected chi connectivity index (χ4v) is 5.83. The van der Waals surface area contributed by atoms with Crippen LogP contribution in [0.1, 0.15) is 6.92 Å². The first-order chi connectivity index (χ1) is 12.8. The van der Waals surface area contributed by atoms with Crippen LogP contribution in [0.3, 0.4) is 0 Å². The van der Waals surface area contributed by atoms with Crippen LogP contribution in [0.4, 0.5) is 0 Å². The number of rotatable bonds is 5. The molecule has 0 radical (unpaired) electrons. The molecule has 2 nitrogen and oxygen atoms in total. The van der Waals surface area contributed by atoms with Gasteiger partial charge in [0.1, 0.15) is 0 Å². The largest absolute Gasteiger partial charge is 0.255 e. The molecule has 0 N–H and O–H groups in total. The fourth-order valence-electron chi connectivity index (χ4n) is 2.92. The van der Waals surface area contributed by atoms with Crippen LogP contribution in [0.2, 0.25) is 0 Å². The summed E-state index contributed by atoms with van der Waals surface area (Å²) in [5, 5.41) is 2.43. The van der Waals surface area contributed by atoms with Gasteiger partial charge in [0, 0.05) is 42.7 Å². The minimum absolute atomic E-state index is 1.03. The molecule has 130 valence electrons. The molecule has 4 aromatic rings. The number of para-hydroxylation sites is 2. The topological polar surface area (TPSA) is 25.8 Å². The monoisotopic (exact) mass is 394 g/mol. The summed E-state index contributed by atoms with van der Waals surface area (Å²) in [4.78, 5) is 14.3. The number of thioether (sulfide) groups is 2. The van der Waals surface area contributed by atoms with E-state index in [-0.39, 0.29) is 0 Å². The zero-order chi connectivity index (χ0) is 17.9. The van der Waals surface area contributed by atoms with E-state index in [1.54, 1.807) is 23.5 Å². The zero-order valence-corrected chi connectivity index (χ0v) is 17.0. The molecule has 0 unspecified atom stereocenters. The maximum absolute atomic E-state index is 4.70. The first-order valence-corrected chi connectivity index (χ1v) is 11.4. The van der Waals surface area contributed by atoms with Crippen LogP contribution in [0.25, 0.3) is 21.8 Å². The average Bonchev–Trinajstić information content (AvgIpc) is 2.70. The lowest BCUT2D eigenvalue weighted by molar-refractivity contribution is 1.16. The van der Waals surface area contributed by atoms with E-state index < -0.39 is 0 Å². The van der Waals surface area contributed by atoms with Crippen LogP contribution < -0.4 is 0 Å². The Morgan fingerprint density at radius 2 is 1.35 bits per heavy atom. The number of hydrogen-bond acceptors (Lipinski definition) is 5. The highest BCUT2D eigenvalue weighted by molar-refractivity contribution is 8.03. The van der Waals surface area contributed by atoms with E-state index in [0.29, 0.717) is 0 Å². The molecule has 0 saturated carbocycles. The van der Waals surface area contributed by atoms with Crippen molar-refractivity contribution in [2.45, 2.75) is 26.5 Å². The van der Waals surface area contributed by atoms with E-state index in [9.17, 15) is 0 Å². The molecule has 2 aromatic carbocycles. The third-order valence-corrected chi connectivity index (χ3v) is 7.31. The second-order valence-corrected chi connectivity index (χ2v) is 8.85. The number of nitrogens with zero attached hydrogens (tertiary/aromatic N) is 2. The molecule has 0 aliphatic carbocycles. The van der Waals surface area contributed by atoms with Crippen molar-refractivity contribution in [3.63, 3.8) is 0 Å². The summed E-state index contributed by atoms with van der Waals surface area (Å²) in [5.74, 6) is 1.04. The molecule has 0 spiro atoms. The van der Waals surface area contributed by atoms with Crippen molar-refractivity contribution in [1.82, 2.24) is 9.97 Å². The number of benzene rings is 2. The van der Waals surface area contributed by atoms with Crippen molar-refractivity contribution in [1.29, 1.82) is 0 Å². The number of hydrogen-bond donors (Lipinski definition) is 0. The lowest BCUT2D eigenvalue weighted by Gasteiger charge is -2.14. The molecule has 2 aromatic heterocycles. The third-order valence-electron chi connectivity index (χ3n) is 4.11. The Hall–Kier alpha value is -1.69. The molecule has 4 rings (SSSR count). The van der Waals surface area contributed by atoms with Crippen molar-refractivity contribution < 1.29 is 0 Å². The van der Waals surface area contributed by atoms with E-state index in [4.69, 9.17) is 4.98 Å². The molecular formula is C21H18N2S3. The molecule has 5 heteroatoms. The lowest BCUT2D eigenvalue weighted by atomic mass is 10.2. The Kier molecular flexibility index (Phi) is 5.38. The van der Waals surface area contributed by atoms with Crippen LogP contribution in [-0.2, 0) is 0 Å². The van der Waals surface area contributed by atoms with Gasteiger partial charge in [-0.3, -0.25) is 9.97 Å². The molecule has 26 heavy (non-hydrogen) atoms.